The third kappa shape index (κ3) is 2.36. The fraction of sp³-hybridized carbons (Fsp3) is 0.538. The van der Waals surface area contributed by atoms with E-state index in [2.05, 4.69) is 17.0 Å². The van der Waals surface area contributed by atoms with Gasteiger partial charge in [0.15, 0.2) is 0 Å². The summed E-state index contributed by atoms with van der Waals surface area (Å²) in [5.41, 5.74) is 8.31. The molecule has 0 bridgehead atoms. The first-order chi connectivity index (χ1) is 7.68. The Kier molecular flexibility index (Phi) is 3.46. The highest BCUT2D eigenvalue weighted by atomic mass is 16.3. The maximum Gasteiger partial charge on any atom is 0.0715 e. The number of nitrogens with zero attached hydrogens (tertiary/aromatic N) is 1. The van der Waals surface area contributed by atoms with Gasteiger partial charge >= 0.3 is 0 Å². The third-order valence-electron chi connectivity index (χ3n) is 3.16. The van der Waals surface area contributed by atoms with Gasteiger partial charge in [-0.2, -0.15) is 0 Å². The highest BCUT2D eigenvalue weighted by Gasteiger charge is 2.20. The van der Waals surface area contributed by atoms with Gasteiger partial charge in [0, 0.05) is 24.8 Å². The van der Waals surface area contributed by atoms with E-state index in [9.17, 15) is 5.11 Å². The smallest absolute Gasteiger partial charge is 0.0715 e. The first kappa shape index (κ1) is 11.4. The van der Waals surface area contributed by atoms with Gasteiger partial charge in [-0.15, -0.1) is 0 Å². The second kappa shape index (κ2) is 4.85. The van der Waals surface area contributed by atoms with E-state index >= 15 is 0 Å². The quantitative estimate of drug-likeness (QED) is 0.797. The van der Waals surface area contributed by atoms with Crippen LogP contribution in [-0.2, 0) is 0 Å². The number of aliphatic hydroxyl groups excluding tert-OH is 1. The molecule has 3 N–H and O–H groups in total. The van der Waals surface area contributed by atoms with E-state index in [1.165, 1.54) is 5.69 Å². The van der Waals surface area contributed by atoms with Crippen LogP contribution in [0.2, 0.25) is 0 Å². The Balaban J connectivity index is 2.25. The summed E-state index contributed by atoms with van der Waals surface area (Å²) in [6.45, 7) is 3.74. The molecule has 1 fully saturated rings. The van der Waals surface area contributed by atoms with E-state index in [0.717, 1.165) is 31.5 Å². The van der Waals surface area contributed by atoms with Gasteiger partial charge in [0.2, 0.25) is 0 Å². The van der Waals surface area contributed by atoms with Gasteiger partial charge in [0.25, 0.3) is 0 Å². The minimum Gasteiger partial charge on any atom is -0.391 e. The molecule has 2 atom stereocenters. The minimum atomic E-state index is -0.199. The van der Waals surface area contributed by atoms with Crippen molar-refractivity contribution < 1.29 is 5.11 Å². The van der Waals surface area contributed by atoms with Crippen LogP contribution in [-0.4, -0.2) is 24.3 Å². The minimum absolute atomic E-state index is 0.0373. The zero-order valence-electron chi connectivity index (χ0n) is 9.76. The van der Waals surface area contributed by atoms with Crippen molar-refractivity contribution in [3.05, 3.63) is 29.8 Å². The number of para-hydroxylation sites is 1. The number of anilines is 1. The van der Waals surface area contributed by atoms with Crippen LogP contribution in [0.3, 0.4) is 0 Å². The van der Waals surface area contributed by atoms with Crippen LogP contribution in [0, 0.1) is 0 Å². The molecule has 3 heteroatoms. The molecule has 2 rings (SSSR count). The van der Waals surface area contributed by atoms with Crippen LogP contribution in [0.4, 0.5) is 5.69 Å². The normalized spacial score (nSPS) is 23.2. The Morgan fingerprint density at radius 1 is 1.44 bits per heavy atom. The number of rotatable bonds is 2. The summed E-state index contributed by atoms with van der Waals surface area (Å²) in [5.74, 6) is 0. The second-order valence-corrected chi connectivity index (χ2v) is 4.59. The summed E-state index contributed by atoms with van der Waals surface area (Å²) in [5, 5.41) is 9.70. The molecule has 0 spiro atoms. The Morgan fingerprint density at radius 2 is 2.19 bits per heavy atom. The summed E-state index contributed by atoms with van der Waals surface area (Å²) >= 11 is 0. The van der Waals surface area contributed by atoms with Crippen molar-refractivity contribution in [2.75, 3.05) is 18.0 Å². The maximum absolute atomic E-state index is 9.70. The molecule has 1 aromatic rings. The highest BCUT2D eigenvalue weighted by Crippen LogP contribution is 2.27. The molecule has 1 unspecified atom stereocenters. The Labute approximate surface area is 96.9 Å². The third-order valence-corrected chi connectivity index (χ3v) is 3.16. The number of benzene rings is 1. The van der Waals surface area contributed by atoms with Crippen molar-refractivity contribution in [3.63, 3.8) is 0 Å². The van der Waals surface area contributed by atoms with E-state index in [0.29, 0.717) is 0 Å². The van der Waals surface area contributed by atoms with E-state index < -0.39 is 0 Å². The van der Waals surface area contributed by atoms with Gasteiger partial charge < -0.3 is 15.7 Å². The topological polar surface area (TPSA) is 49.5 Å². The maximum atomic E-state index is 9.70. The van der Waals surface area contributed by atoms with E-state index in [1.54, 1.807) is 0 Å². The van der Waals surface area contributed by atoms with E-state index in [4.69, 9.17) is 5.73 Å². The second-order valence-electron chi connectivity index (χ2n) is 4.59. The Morgan fingerprint density at radius 3 is 2.88 bits per heavy atom. The molecular weight excluding hydrogens is 200 g/mol. The molecule has 16 heavy (non-hydrogen) atoms. The first-order valence-corrected chi connectivity index (χ1v) is 5.96. The van der Waals surface area contributed by atoms with Gasteiger partial charge in [0.05, 0.1) is 6.10 Å². The lowest BCUT2D eigenvalue weighted by Gasteiger charge is -2.34. The standard InChI is InChI=1S/C13H20N2O/c1-10(14)12-6-2-3-7-13(12)15-8-4-5-11(16)9-15/h2-3,6-7,10-11,16H,4-5,8-9,14H2,1H3/t10-,11?/m1/s1. The van der Waals surface area contributed by atoms with Crippen molar-refractivity contribution in [2.24, 2.45) is 5.73 Å². The van der Waals surface area contributed by atoms with Gasteiger partial charge in [-0.1, -0.05) is 18.2 Å². The largest absolute Gasteiger partial charge is 0.391 e. The summed E-state index contributed by atoms with van der Waals surface area (Å²) in [6, 6.07) is 8.25. The lowest BCUT2D eigenvalue weighted by Crippen LogP contribution is -2.39. The van der Waals surface area contributed by atoms with Crippen molar-refractivity contribution in [1.29, 1.82) is 0 Å². The lowest BCUT2D eigenvalue weighted by atomic mass is 10.0. The molecule has 0 aliphatic carbocycles. The summed E-state index contributed by atoms with van der Waals surface area (Å²) in [7, 11) is 0. The summed E-state index contributed by atoms with van der Waals surface area (Å²) in [6.07, 6.45) is 1.76. The van der Waals surface area contributed by atoms with Crippen molar-refractivity contribution in [1.82, 2.24) is 0 Å². The Hall–Kier alpha value is -1.06. The van der Waals surface area contributed by atoms with E-state index in [-0.39, 0.29) is 12.1 Å². The zero-order chi connectivity index (χ0) is 11.5. The number of hydrogen-bond acceptors (Lipinski definition) is 3. The molecule has 88 valence electrons. The number of β-amino-alcohol motifs (C(OH)–C–C–N with tert-alkyl or cyclic N) is 1. The average Bonchev–Trinajstić information content (AvgIpc) is 2.29. The number of hydrogen-bond donors (Lipinski definition) is 2. The van der Waals surface area contributed by atoms with Gasteiger partial charge in [0.1, 0.15) is 0 Å². The number of piperidine rings is 1. The van der Waals surface area contributed by atoms with Gasteiger partial charge in [-0.3, -0.25) is 0 Å². The predicted octanol–water partition coefficient (Wildman–Crippen LogP) is 1.67. The van der Waals surface area contributed by atoms with E-state index in [1.807, 2.05) is 19.1 Å². The number of aliphatic hydroxyl groups is 1. The van der Waals surface area contributed by atoms with Crippen LogP contribution in [0.5, 0.6) is 0 Å². The molecule has 0 radical (unpaired) electrons. The molecule has 0 aromatic heterocycles. The fourth-order valence-corrected chi connectivity index (χ4v) is 2.33. The van der Waals surface area contributed by atoms with Crippen LogP contribution in [0.1, 0.15) is 31.4 Å². The van der Waals surface area contributed by atoms with Crippen LogP contribution in [0.15, 0.2) is 24.3 Å². The lowest BCUT2D eigenvalue weighted by molar-refractivity contribution is 0.154. The molecule has 0 amide bonds. The van der Waals surface area contributed by atoms with Crippen molar-refractivity contribution in [3.8, 4) is 0 Å². The summed E-state index contributed by atoms with van der Waals surface area (Å²) in [4.78, 5) is 2.24. The van der Waals surface area contributed by atoms with Crippen molar-refractivity contribution in [2.45, 2.75) is 31.9 Å². The molecule has 3 nitrogen and oxygen atoms in total. The van der Waals surface area contributed by atoms with Crippen LogP contribution < -0.4 is 10.6 Å². The number of nitrogens with two attached hydrogens (primary N) is 1. The highest BCUT2D eigenvalue weighted by molar-refractivity contribution is 5.55. The van der Waals surface area contributed by atoms with Gasteiger partial charge in [-0.25, -0.2) is 0 Å². The fourth-order valence-electron chi connectivity index (χ4n) is 2.33. The zero-order valence-corrected chi connectivity index (χ0v) is 9.76. The summed E-state index contributed by atoms with van der Waals surface area (Å²) < 4.78 is 0. The molecule has 0 saturated carbocycles. The molecule has 1 saturated heterocycles. The van der Waals surface area contributed by atoms with Crippen LogP contribution >= 0.6 is 0 Å². The molecule has 1 heterocycles. The Bertz CT molecular complexity index is 352. The predicted molar refractivity (Wildman–Crippen MR) is 66.5 cm³/mol. The molecule has 1 aliphatic rings. The molecule has 1 aromatic carbocycles. The monoisotopic (exact) mass is 220 g/mol. The molecular formula is C13H20N2O. The van der Waals surface area contributed by atoms with Crippen molar-refractivity contribution >= 4 is 5.69 Å². The van der Waals surface area contributed by atoms with Gasteiger partial charge in [-0.05, 0) is 31.4 Å². The molecule has 1 aliphatic heterocycles. The van der Waals surface area contributed by atoms with Crippen LogP contribution in [0.25, 0.3) is 0 Å². The SMILES string of the molecule is C[C@@H](N)c1ccccc1N1CCCC(O)C1. The average molecular weight is 220 g/mol. The first-order valence-electron chi connectivity index (χ1n) is 5.96.